The molecule has 0 unspecified atom stereocenters. The van der Waals surface area contributed by atoms with E-state index in [1.165, 1.54) is 5.57 Å². The van der Waals surface area contributed by atoms with E-state index < -0.39 is 0 Å². The van der Waals surface area contributed by atoms with Crippen LogP contribution in [0.25, 0.3) is 28.0 Å². The molecule has 5 heterocycles. The molecule has 6 heteroatoms. The fourth-order valence-corrected chi connectivity index (χ4v) is 3.98. The molecule has 0 saturated carbocycles. The van der Waals surface area contributed by atoms with Crippen LogP contribution in [0, 0.1) is 6.92 Å². The van der Waals surface area contributed by atoms with Gasteiger partial charge in [0.25, 0.3) is 5.56 Å². The minimum Gasteiger partial charge on any atom is -0.300 e. The maximum Gasteiger partial charge on any atom is 0.258 e. The molecule has 0 atom stereocenters. The first-order valence-corrected chi connectivity index (χ1v) is 10.0. The predicted octanol–water partition coefficient (Wildman–Crippen LogP) is 3.43. The van der Waals surface area contributed by atoms with E-state index in [0.717, 1.165) is 48.4 Å². The number of pyridine rings is 2. The quantitative estimate of drug-likeness (QED) is 0.542. The summed E-state index contributed by atoms with van der Waals surface area (Å²) in [5, 5.41) is 4.40. The molecule has 29 heavy (non-hydrogen) atoms. The van der Waals surface area contributed by atoms with Crippen LogP contribution in [0.5, 0.6) is 0 Å². The number of aromatic nitrogens is 4. The zero-order valence-electron chi connectivity index (χ0n) is 16.7. The van der Waals surface area contributed by atoms with Gasteiger partial charge in [0.05, 0.1) is 16.9 Å². The Hall–Kier alpha value is -3.25. The van der Waals surface area contributed by atoms with Crippen LogP contribution in [-0.2, 0) is 0 Å². The van der Waals surface area contributed by atoms with Crippen molar-refractivity contribution in [2.75, 3.05) is 19.6 Å². The van der Waals surface area contributed by atoms with Crippen molar-refractivity contribution in [1.82, 2.24) is 23.9 Å². The average Bonchev–Trinajstić information content (AvgIpc) is 3.12. The van der Waals surface area contributed by atoms with E-state index in [-0.39, 0.29) is 5.56 Å². The molecule has 4 aromatic rings. The molecule has 0 amide bonds. The van der Waals surface area contributed by atoms with Gasteiger partial charge in [-0.25, -0.2) is 9.50 Å². The molecular weight excluding hydrogens is 362 g/mol. The Labute approximate surface area is 168 Å². The molecule has 4 aromatic heterocycles. The summed E-state index contributed by atoms with van der Waals surface area (Å²) in [6, 6.07) is 11.6. The zero-order chi connectivity index (χ0) is 20.0. The predicted molar refractivity (Wildman–Crippen MR) is 115 cm³/mol. The van der Waals surface area contributed by atoms with Crippen LogP contribution in [0.4, 0.5) is 0 Å². The lowest BCUT2D eigenvalue weighted by Gasteiger charge is -2.25. The van der Waals surface area contributed by atoms with Gasteiger partial charge < -0.3 is 0 Å². The number of aryl methyl sites for hydroxylation is 1. The van der Waals surface area contributed by atoms with Crippen molar-refractivity contribution in [3.8, 4) is 11.3 Å². The maximum absolute atomic E-state index is 12.9. The van der Waals surface area contributed by atoms with E-state index >= 15 is 0 Å². The van der Waals surface area contributed by atoms with Gasteiger partial charge in [-0.2, -0.15) is 5.10 Å². The molecule has 0 bridgehead atoms. The number of hydrogen-bond acceptors (Lipinski definition) is 4. The molecule has 1 aliphatic rings. The van der Waals surface area contributed by atoms with Crippen molar-refractivity contribution in [3.05, 3.63) is 76.5 Å². The second-order valence-corrected chi connectivity index (χ2v) is 7.57. The summed E-state index contributed by atoms with van der Waals surface area (Å²) in [6.07, 6.45) is 7.10. The van der Waals surface area contributed by atoms with Crippen LogP contribution < -0.4 is 5.56 Å². The van der Waals surface area contributed by atoms with Gasteiger partial charge in [-0.05, 0) is 61.4 Å². The summed E-state index contributed by atoms with van der Waals surface area (Å²) in [5.74, 6) is 0. The fraction of sp³-hybridized carbons (Fsp3) is 0.261. The number of hydrogen-bond donors (Lipinski definition) is 0. The highest BCUT2D eigenvalue weighted by atomic mass is 16.1. The lowest BCUT2D eigenvalue weighted by molar-refractivity contribution is 0.318. The summed E-state index contributed by atoms with van der Waals surface area (Å²) in [5.41, 5.74) is 6.53. The van der Waals surface area contributed by atoms with Gasteiger partial charge in [-0.1, -0.05) is 13.0 Å². The first-order chi connectivity index (χ1) is 14.1. The van der Waals surface area contributed by atoms with Crippen molar-refractivity contribution < 1.29 is 0 Å². The minimum absolute atomic E-state index is 0.0667. The van der Waals surface area contributed by atoms with Crippen LogP contribution in [0.15, 0.2) is 59.7 Å². The van der Waals surface area contributed by atoms with Gasteiger partial charge in [-0.3, -0.25) is 14.1 Å². The van der Waals surface area contributed by atoms with Crippen LogP contribution in [0.1, 0.15) is 24.6 Å². The highest BCUT2D eigenvalue weighted by molar-refractivity contribution is 5.69. The van der Waals surface area contributed by atoms with Gasteiger partial charge in [0.1, 0.15) is 5.65 Å². The number of rotatable bonds is 3. The normalized spacial score (nSPS) is 15.2. The lowest BCUT2D eigenvalue weighted by Crippen LogP contribution is -2.28. The molecule has 0 saturated heterocycles. The second kappa shape index (κ2) is 6.97. The van der Waals surface area contributed by atoms with Crippen molar-refractivity contribution in [2.45, 2.75) is 20.3 Å². The molecule has 0 aliphatic carbocycles. The Balaban J connectivity index is 1.54. The van der Waals surface area contributed by atoms with Gasteiger partial charge in [0.15, 0.2) is 0 Å². The van der Waals surface area contributed by atoms with E-state index in [2.05, 4.69) is 29.1 Å². The Morgan fingerprint density at radius 3 is 2.79 bits per heavy atom. The SMILES string of the molecule is CCN1CC=C(c2ccc3nc(-c4ccn5nc(C)cc5c4)cc(=O)n3c2)CC1. The molecule has 0 radical (unpaired) electrons. The smallest absolute Gasteiger partial charge is 0.258 e. The molecule has 0 N–H and O–H groups in total. The van der Waals surface area contributed by atoms with Crippen molar-refractivity contribution in [3.63, 3.8) is 0 Å². The van der Waals surface area contributed by atoms with Crippen molar-refractivity contribution in [1.29, 1.82) is 0 Å². The van der Waals surface area contributed by atoms with Gasteiger partial charge >= 0.3 is 0 Å². The van der Waals surface area contributed by atoms with E-state index in [1.54, 1.807) is 10.5 Å². The second-order valence-electron chi connectivity index (χ2n) is 7.57. The molecule has 1 aliphatic heterocycles. The Morgan fingerprint density at radius 1 is 1.10 bits per heavy atom. The fourth-order valence-electron chi connectivity index (χ4n) is 3.98. The molecule has 146 valence electrons. The lowest BCUT2D eigenvalue weighted by atomic mass is 10.0. The van der Waals surface area contributed by atoms with E-state index in [1.807, 2.05) is 48.1 Å². The molecule has 5 rings (SSSR count). The number of nitrogens with zero attached hydrogens (tertiary/aromatic N) is 5. The summed E-state index contributed by atoms with van der Waals surface area (Å²) >= 11 is 0. The summed E-state index contributed by atoms with van der Waals surface area (Å²) in [4.78, 5) is 20.0. The summed E-state index contributed by atoms with van der Waals surface area (Å²) < 4.78 is 3.48. The van der Waals surface area contributed by atoms with Crippen molar-refractivity contribution in [2.24, 2.45) is 0 Å². The largest absolute Gasteiger partial charge is 0.300 e. The van der Waals surface area contributed by atoms with E-state index in [0.29, 0.717) is 11.3 Å². The molecule has 0 aromatic carbocycles. The third-order valence-electron chi connectivity index (χ3n) is 5.65. The van der Waals surface area contributed by atoms with Crippen LogP contribution in [0.3, 0.4) is 0 Å². The first kappa shape index (κ1) is 17.8. The number of likely N-dealkylation sites (N-methyl/N-ethyl adjacent to an activating group) is 1. The molecule has 0 fully saturated rings. The highest BCUT2D eigenvalue weighted by Crippen LogP contribution is 2.23. The summed E-state index contributed by atoms with van der Waals surface area (Å²) in [7, 11) is 0. The van der Waals surface area contributed by atoms with Crippen LogP contribution in [0.2, 0.25) is 0 Å². The minimum atomic E-state index is -0.0667. The highest BCUT2D eigenvalue weighted by Gasteiger charge is 2.13. The molecular formula is C23H23N5O. The van der Waals surface area contributed by atoms with E-state index in [4.69, 9.17) is 4.98 Å². The number of fused-ring (bicyclic) bond motifs is 2. The molecule has 0 spiro atoms. The molecule has 6 nitrogen and oxygen atoms in total. The van der Waals surface area contributed by atoms with Crippen LogP contribution in [-0.4, -0.2) is 43.5 Å². The Morgan fingerprint density at radius 2 is 2.00 bits per heavy atom. The van der Waals surface area contributed by atoms with Gasteiger partial charge in [-0.15, -0.1) is 0 Å². The summed E-state index contributed by atoms with van der Waals surface area (Å²) in [6.45, 7) is 7.24. The third-order valence-corrected chi connectivity index (χ3v) is 5.65. The third kappa shape index (κ3) is 3.25. The van der Waals surface area contributed by atoms with Gasteiger partial charge in [0.2, 0.25) is 0 Å². The first-order valence-electron chi connectivity index (χ1n) is 10.0. The van der Waals surface area contributed by atoms with Crippen LogP contribution >= 0.6 is 0 Å². The van der Waals surface area contributed by atoms with E-state index in [9.17, 15) is 4.79 Å². The van der Waals surface area contributed by atoms with Gasteiger partial charge in [0, 0.05) is 37.1 Å². The monoisotopic (exact) mass is 385 g/mol. The van der Waals surface area contributed by atoms with Crippen molar-refractivity contribution >= 4 is 16.7 Å². The Kier molecular flexibility index (Phi) is 4.28. The standard InChI is InChI=1S/C23H23N5O/c1-3-26-9-6-17(7-10-26)19-4-5-22-24-21(14-23(29)27(22)15-19)18-8-11-28-20(13-18)12-16(2)25-28/h4-6,8,11-15H,3,7,9-10H2,1-2H3. The average molecular weight is 385 g/mol. The zero-order valence-corrected chi connectivity index (χ0v) is 16.7. The maximum atomic E-state index is 12.9. The Bertz CT molecular complexity index is 1310. The topological polar surface area (TPSA) is 54.9 Å².